The van der Waals surface area contributed by atoms with Crippen LogP contribution in [0.1, 0.15) is 27.8 Å². The number of benzene rings is 2. The highest BCUT2D eigenvalue weighted by molar-refractivity contribution is 6.03. The Morgan fingerprint density at radius 1 is 0.963 bits per heavy atom. The highest BCUT2D eigenvalue weighted by Crippen LogP contribution is 2.21. The lowest BCUT2D eigenvalue weighted by molar-refractivity contribution is 0.100. The lowest BCUT2D eigenvalue weighted by atomic mass is 10.1. The molecule has 136 valence electrons. The van der Waals surface area contributed by atoms with Crippen molar-refractivity contribution in [3.05, 3.63) is 77.8 Å². The fourth-order valence-corrected chi connectivity index (χ4v) is 2.27. The van der Waals surface area contributed by atoms with Crippen molar-refractivity contribution >= 4 is 28.9 Å². The third-order valence-electron chi connectivity index (χ3n) is 3.63. The number of Topliss-reactive ketones (excluding diaryl/α,β-unsaturated/α-hetero) is 1. The monoisotopic (exact) mass is 368 g/mol. The number of halogens is 2. The predicted molar refractivity (Wildman–Crippen MR) is 96.1 cm³/mol. The highest BCUT2D eigenvalue weighted by Gasteiger charge is 2.12. The van der Waals surface area contributed by atoms with Crippen LogP contribution in [0.3, 0.4) is 0 Å². The van der Waals surface area contributed by atoms with Crippen LogP contribution in [-0.4, -0.2) is 21.7 Å². The number of para-hydroxylation sites is 1. The molecule has 0 bridgehead atoms. The number of nitrogens with one attached hydrogen (secondary N) is 2. The smallest absolute Gasteiger partial charge is 0.275 e. The van der Waals surface area contributed by atoms with Gasteiger partial charge >= 0.3 is 0 Å². The zero-order valence-corrected chi connectivity index (χ0v) is 14.2. The van der Waals surface area contributed by atoms with Crippen LogP contribution >= 0.6 is 0 Å². The van der Waals surface area contributed by atoms with Gasteiger partial charge in [0.05, 0.1) is 12.4 Å². The van der Waals surface area contributed by atoms with E-state index in [-0.39, 0.29) is 23.0 Å². The highest BCUT2D eigenvalue weighted by atomic mass is 19.1. The van der Waals surface area contributed by atoms with Gasteiger partial charge in [0, 0.05) is 11.3 Å². The third-order valence-corrected chi connectivity index (χ3v) is 3.63. The maximum Gasteiger partial charge on any atom is 0.275 e. The van der Waals surface area contributed by atoms with Crippen LogP contribution in [0, 0.1) is 11.6 Å². The molecular weight excluding hydrogens is 354 g/mol. The summed E-state index contributed by atoms with van der Waals surface area (Å²) in [7, 11) is 0. The molecule has 1 amide bonds. The third kappa shape index (κ3) is 4.30. The molecular formula is C19H14F2N4O2. The molecule has 0 saturated heterocycles. The predicted octanol–water partition coefficient (Wildman–Crippen LogP) is 3.95. The summed E-state index contributed by atoms with van der Waals surface area (Å²) < 4.78 is 27.3. The number of carbonyl (C=O) groups excluding carboxylic acids is 2. The summed E-state index contributed by atoms with van der Waals surface area (Å²) in [5.74, 6) is -2.13. The molecule has 0 radical (unpaired) electrons. The first-order chi connectivity index (χ1) is 12.9. The Labute approximate surface area is 153 Å². The Kier molecular flexibility index (Phi) is 5.16. The topological polar surface area (TPSA) is 84.0 Å². The van der Waals surface area contributed by atoms with Crippen LogP contribution in [0.4, 0.5) is 26.0 Å². The summed E-state index contributed by atoms with van der Waals surface area (Å²) >= 11 is 0. The fourth-order valence-electron chi connectivity index (χ4n) is 2.27. The minimum atomic E-state index is -0.774. The van der Waals surface area contributed by atoms with Crippen molar-refractivity contribution in [2.24, 2.45) is 0 Å². The van der Waals surface area contributed by atoms with Crippen LogP contribution in [0.15, 0.2) is 54.9 Å². The van der Waals surface area contributed by atoms with Gasteiger partial charge in [-0.3, -0.25) is 9.59 Å². The summed E-state index contributed by atoms with van der Waals surface area (Å²) in [5.41, 5.74) is 0.545. The van der Waals surface area contributed by atoms with E-state index in [1.54, 1.807) is 24.3 Å². The Morgan fingerprint density at radius 3 is 2.30 bits per heavy atom. The number of carbonyl (C=O) groups is 2. The molecule has 0 fully saturated rings. The Balaban J connectivity index is 1.72. The second-order valence-electron chi connectivity index (χ2n) is 5.60. The number of hydrogen-bond acceptors (Lipinski definition) is 5. The number of anilines is 3. The van der Waals surface area contributed by atoms with E-state index >= 15 is 0 Å². The van der Waals surface area contributed by atoms with E-state index in [0.29, 0.717) is 11.3 Å². The summed E-state index contributed by atoms with van der Waals surface area (Å²) in [6.07, 6.45) is 2.36. The number of ketones is 1. The second kappa shape index (κ2) is 7.69. The zero-order chi connectivity index (χ0) is 19.4. The largest absolute Gasteiger partial charge is 0.334 e. The standard InChI is InChI=1S/C19H14F2N4O2/c1-11(26)12-4-2-5-13(8-12)24-19(27)16-9-23-17(10-22-16)25-18-14(20)6-3-7-15(18)21/h2-10H,1H3,(H,23,25)(H,24,27). The first kappa shape index (κ1) is 18.1. The van der Waals surface area contributed by atoms with Crippen molar-refractivity contribution < 1.29 is 18.4 Å². The van der Waals surface area contributed by atoms with Crippen LogP contribution in [0.5, 0.6) is 0 Å². The minimum Gasteiger partial charge on any atom is -0.334 e. The van der Waals surface area contributed by atoms with Gasteiger partial charge < -0.3 is 10.6 Å². The molecule has 0 spiro atoms. The zero-order valence-electron chi connectivity index (χ0n) is 14.2. The van der Waals surface area contributed by atoms with Gasteiger partial charge in [-0.2, -0.15) is 0 Å². The summed E-state index contributed by atoms with van der Waals surface area (Å²) in [5, 5.41) is 5.09. The van der Waals surface area contributed by atoms with Crippen LogP contribution in [-0.2, 0) is 0 Å². The van der Waals surface area contributed by atoms with Crippen LogP contribution in [0.2, 0.25) is 0 Å². The van der Waals surface area contributed by atoms with Crippen molar-refractivity contribution in [2.75, 3.05) is 10.6 Å². The van der Waals surface area contributed by atoms with E-state index in [0.717, 1.165) is 12.1 Å². The fraction of sp³-hybridized carbons (Fsp3) is 0.0526. The van der Waals surface area contributed by atoms with Crippen molar-refractivity contribution in [3.63, 3.8) is 0 Å². The maximum absolute atomic E-state index is 13.6. The molecule has 0 aliphatic rings. The van der Waals surface area contributed by atoms with Gasteiger partial charge in [0.15, 0.2) is 5.78 Å². The van der Waals surface area contributed by atoms with E-state index in [1.807, 2.05) is 0 Å². The van der Waals surface area contributed by atoms with E-state index < -0.39 is 17.5 Å². The number of hydrogen-bond donors (Lipinski definition) is 2. The minimum absolute atomic E-state index is 0.00258. The lowest BCUT2D eigenvalue weighted by Crippen LogP contribution is -2.14. The number of nitrogens with zero attached hydrogens (tertiary/aromatic N) is 2. The molecule has 0 aliphatic carbocycles. The second-order valence-corrected chi connectivity index (χ2v) is 5.60. The van der Waals surface area contributed by atoms with Crippen molar-refractivity contribution in [2.45, 2.75) is 6.92 Å². The molecule has 8 heteroatoms. The van der Waals surface area contributed by atoms with Gasteiger partial charge in [0.1, 0.15) is 28.8 Å². The molecule has 2 N–H and O–H groups in total. The molecule has 0 atom stereocenters. The van der Waals surface area contributed by atoms with Gasteiger partial charge in [-0.05, 0) is 31.2 Å². The van der Waals surface area contributed by atoms with Crippen molar-refractivity contribution in [3.8, 4) is 0 Å². The molecule has 1 aromatic heterocycles. The Bertz CT molecular complexity index is 987. The van der Waals surface area contributed by atoms with Gasteiger partial charge in [-0.15, -0.1) is 0 Å². The number of aromatic nitrogens is 2. The Morgan fingerprint density at radius 2 is 1.67 bits per heavy atom. The molecule has 3 rings (SSSR count). The van der Waals surface area contributed by atoms with E-state index in [1.165, 1.54) is 25.4 Å². The van der Waals surface area contributed by atoms with E-state index in [9.17, 15) is 18.4 Å². The van der Waals surface area contributed by atoms with Crippen molar-refractivity contribution in [1.82, 2.24) is 9.97 Å². The molecule has 6 nitrogen and oxygen atoms in total. The molecule has 0 saturated carbocycles. The molecule has 0 aliphatic heterocycles. The SMILES string of the molecule is CC(=O)c1cccc(NC(=O)c2cnc(Nc3c(F)cccc3F)cn2)c1. The van der Waals surface area contributed by atoms with Gasteiger partial charge in [0.2, 0.25) is 0 Å². The van der Waals surface area contributed by atoms with Crippen LogP contribution < -0.4 is 10.6 Å². The lowest BCUT2D eigenvalue weighted by Gasteiger charge is -2.09. The Hall–Kier alpha value is -3.68. The first-order valence-electron chi connectivity index (χ1n) is 7.89. The quantitative estimate of drug-likeness (QED) is 0.666. The van der Waals surface area contributed by atoms with E-state index in [4.69, 9.17) is 0 Å². The van der Waals surface area contributed by atoms with Crippen LogP contribution in [0.25, 0.3) is 0 Å². The average molecular weight is 368 g/mol. The van der Waals surface area contributed by atoms with Gasteiger partial charge in [0.25, 0.3) is 5.91 Å². The molecule has 0 unspecified atom stereocenters. The summed E-state index contributed by atoms with van der Waals surface area (Å²) in [4.78, 5) is 31.5. The molecule has 2 aromatic carbocycles. The molecule has 1 heterocycles. The summed E-state index contributed by atoms with van der Waals surface area (Å²) in [6.45, 7) is 1.43. The molecule has 27 heavy (non-hydrogen) atoms. The van der Waals surface area contributed by atoms with Crippen molar-refractivity contribution in [1.29, 1.82) is 0 Å². The molecule has 3 aromatic rings. The average Bonchev–Trinajstić information content (AvgIpc) is 2.65. The van der Waals surface area contributed by atoms with Gasteiger partial charge in [-0.25, -0.2) is 18.7 Å². The first-order valence-corrected chi connectivity index (χ1v) is 7.89. The van der Waals surface area contributed by atoms with E-state index in [2.05, 4.69) is 20.6 Å². The van der Waals surface area contributed by atoms with Gasteiger partial charge in [-0.1, -0.05) is 18.2 Å². The number of rotatable bonds is 5. The summed E-state index contributed by atoms with van der Waals surface area (Å²) in [6, 6.07) is 9.93. The normalized spacial score (nSPS) is 10.3. The number of amides is 1. The maximum atomic E-state index is 13.6.